The fourth-order valence-electron chi connectivity index (χ4n) is 2.49. The normalized spacial score (nSPS) is 21.3. The first-order chi connectivity index (χ1) is 9.09. The molecule has 0 aromatic carbocycles. The van der Waals surface area contributed by atoms with Gasteiger partial charge in [-0.05, 0) is 52.4 Å². The second-order valence-electron chi connectivity index (χ2n) is 6.14. The molecule has 0 heterocycles. The first-order valence-corrected chi connectivity index (χ1v) is 8.09. The zero-order valence-electron chi connectivity index (χ0n) is 13.3. The molecular weight excluding hydrogens is 235 g/mol. The van der Waals surface area contributed by atoms with Crippen LogP contribution in [0.1, 0.15) is 79.1 Å². The highest BCUT2D eigenvalue weighted by Gasteiger charge is 2.26. The van der Waals surface area contributed by atoms with Crippen molar-refractivity contribution in [2.45, 2.75) is 91.3 Å². The number of allylic oxidation sites excluding steroid dienone is 2. The third kappa shape index (κ3) is 7.79. The third-order valence-corrected chi connectivity index (χ3v) is 3.42. The molecule has 3 heteroatoms. The minimum atomic E-state index is -0.139. The summed E-state index contributed by atoms with van der Waals surface area (Å²) >= 11 is 0. The van der Waals surface area contributed by atoms with E-state index in [2.05, 4.69) is 33.8 Å². The molecule has 0 aliphatic heterocycles. The highest BCUT2D eigenvalue weighted by atomic mass is 16.6. The summed E-state index contributed by atoms with van der Waals surface area (Å²) in [4.78, 5) is 0. The standard InChI is InChI=1S/C16H31BO2/c1-14(2)18-17(19-15(3)4)16-12-10-8-6-5-7-9-11-13-16/h12,14-15H,5-11,13H2,1-4H3/b16-12+. The van der Waals surface area contributed by atoms with Gasteiger partial charge in [0.2, 0.25) is 0 Å². The lowest BCUT2D eigenvalue weighted by atomic mass is 9.73. The van der Waals surface area contributed by atoms with Crippen molar-refractivity contribution in [1.29, 1.82) is 0 Å². The maximum absolute atomic E-state index is 5.98. The van der Waals surface area contributed by atoms with Crippen LogP contribution in [-0.4, -0.2) is 19.3 Å². The van der Waals surface area contributed by atoms with Gasteiger partial charge in [0.1, 0.15) is 0 Å². The Morgan fingerprint density at radius 3 is 1.95 bits per heavy atom. The van der Waals surface area contributed by atoms with E-state index in [0.29, 0.717) is 0 Å². The van der Waals surface area contributed by atoms with Gasteiger partial charge in [-0.1, -0.05) is 38.2 Å². The number of hydrogen-bond acceptors (Lipinski definition) is 2. The van der Waals surface area contributed by atoms with Crippen LogP contribution in [0.25, 0.3) is 0 Å². The third-order valence-electron chi connectivity index (χ3n) is 3.42. The van der Waals surface area contributed by atoms with E-state index in [1.165, 1.54) is 50.4 Å². The molecule has 0 amide bonds. The maximum Gasteiger partial charge on any atom is 0.489 e. The SMILES string of the molecule is CC(C)OB(OC(C)C)/C1=C/CCCCCCCC1. The molecule has 0 radical (unpaired) electrons. The van der Waals surface area contributed by atoms with Crippen molar-refractivity contribution in [2.24, 2.45) is 0 Å². The van der Waals surface area contributed by atoms with Gasteiger partial charge in [-0.25, -0.2) is 0 Å². The predicted molar refractivity (Wildman–Crippen MR) is 83.2 cm³/mol. The predicted octanol–water partition coefficient (Wildman–Crippen LogP) is 4.92. The van der Waals surface area contributed by atoms with E-state index in [-0.39, 0.29) is 19.3 Å². The van der Waals surface area contributed by atoms with Crippen molar-refractivity contribution in [1.82, 2.24) is 0 Å². The highest BCUT2D eigenvalue weighted by molar-refractivity contribution is 6.53. The van der Waals surface area contributed by atoms with Gasteiger partial charge in [0.05, 0.1) is 0 Å². The Labute approximate surface area is 120 Å². The number of rotatable bonds is 5. The first-order valence-electron chi connectivity index (χ1n) is 8.09. The first kappa shape index (κ1) is 16.8. The summed E-state index contributed by atoms with van der Waals surface area (Å²) in [6, 6.07) is 0. The summed E-state index contributed by atoms with van der Waals surface area (Å²) in [7, 11) is -0.139. The van der Waals surface area contributed by atoms with Crippen molar-refractivity contribution < 1.29 is 9.31 Å². The quantitative estimate of drug-likeness (QED) is 0.657. The van der Waals surface area contributed by atoms with E-state index in [1.807, 2.05) is 0 Å². The molecule has 1 aliphatic carbocycles. The van der Waals surface area contributed by atoms with Crippen LogP contribution in [0.15, 0.2) is 11.5 Å². The van der Waals surface area contributed by atoms with Gasteiger partial charge in [-0.2, -0.15) is 0 Å². The molecule has 0 N–H and O–H groups in total. The average Bonchev–Trinajstić information content (AvgIpc) is 2.34. The molecule has 1 rings (SSSR count). The fraction of sp³-hybridized carbons (Fsp3) is 0.875. The highest BCUT2D eigenvalue weighted by Crippen LogP contribution is 2.21. The van der Waals surface area contributed by atoms with Gasteiger partial charge in [-0.3, -0.25) is 0 Å². The Bertz CT molecular complexity index is 251. The van der Waals surface area contributed by atoms with Gasteiger partial charge in [0.25, 0.3) is 0 Å². The number of hydrogen-bond donors (Lipinski definition) is 0. The molecule has 2 nitrogen and oxygen atoms in total. The maximum atomic E-state index is 5.98. The Hall–Kier alpha value is -0.275. The van der Waals surface area contributed by atoms with Gasteiger partial charge in [0, 0.05) is 12.2 Å². The van der Waals surface area contributed by atoms with Crippen molar-refractivity contribution in [2.75, 3.05) is 0 Å². The van der Waals surface area contributed by atoms with Crippen molar-refractivity contribution in [3.05, 3.63) is 11.5 Å². The molecular formula is C16H31BO2. The van der Waals surface area contributed by atoms with Crippen LogP contribution in [0, 0.1) is 0 Å². The Balaban J connectivity index is 2.66. The minimum Gasteiger partial charge on any atom is -0.405 e. The van der Waals surface area contributed by atoms with Gasteiger partial charge in [0.15, 0.2) is 0 Å². The fourth-order valence-corrected chi connectivity index (χ4v) is 2.49. The summed E-state index contributed by atoms with van der Waals surface area (Å²) in [5.41, 5.74) is 1.37. The molecule has 0 unspecified atom stereocenters. The molecule has 0 saturated heterocycles. The summed E-state index contributed by atoms with van der Waals surface area (Å²) in [6.07, 6.45) is 13.2. The minimum absolute atomic E-state index is 0.139. The molecule has 0 atom stereocenters. The largest absolute Gasteiger partial charge is 0.489 e. The monoisotopic (exact) mass is 266 g/mol. The van der Waals surface area contributed by atoms with E-state index in [9.17, 15) is 0 Å². The Kier molecular flexibility index (Phi) is 8.48. The van der Waals surface area contributed by atoms with E-state index in [4.69, 9.17) is 9.31 Å². The molecule has 0 aromatic heterocycles. The summed E-state index contributed by atoms with van der Waals surface area (Å²) in [5.74, 6) is 0. The molecule has 110 valence electrons. The average molecular weight is 266 g/mol. The van der Waals surface area contributed by atoms with Crippen LogP contribution < -0.4 is 0 Å². The van der Waals surface area contributed by atoms with Crippen molar-refractivity contribution in [3.63, 3.8) is 0 Å². The van der Waals surface area contributed by atoms with Crippen molar-refractivity contribution in [3.8, 4) is 0 Å². The van der Waals surface area contributed by atoms with Crippen LogP contribution in [0.3, 0.4) is 0 Å². The summed E-state index contributed by atoms with van der Waals surface area (Å²) < 4.78 is 12.0. The lowest BCUT2D eigenvalue weighted by molar-refractivity contribution is 0.135. The van der Waals surface area contributed by atoms with Crippen LogP contribution in [0.4, 0.5) is 0 Å². The van der Waals surface area contributed by atoms with Crippen LogP contribution in [0.2, 0.25) is 0 Å². The molecule has 0 bridgehead atoms. The second kappa shape index (κ2) is 9.60. The van der Waals surface area contributed by atoms with E-state index < -0.39 is 0 Å². The van der Waals surface area contributed by atoms with E-state index in [1.54, 1.807) is 0 Å². The van der Waals surface area contributed by atoms with Crippen LogP contribution in [-0.2, 0) is 9.31 Å². The van der Waals surface area contributed by atoms with E-state index in [0.717, 1.165) is 6.42 Å². The smallest absolute Gasteiger partial charge is 0.405 e. The van der Waals surface area contributed by atoms with Crippen LogP contribution >= 0.6 is 0 Å². The Morgan fingerprint density at radius 2 is 1.37 bits per heavy atom. The zero-order valence-corrected chi connectivity index (χ0v) is 13.3. The van der Waals surface area contributed by atoms with Crippen LogP contribution in [0.5, 0.6) is 0 Å². The van der Waals surface area contributed by atoms with Gasteiger partial charge < -0.3 is 9.31 Å². The molecule has 0 saturated carbocycles. The second-order valence-corrected chi connectivity index (χ2v) is 6.14. The molecule has 19 heavy (non-hydrogen) atoms. The summed E-state index contributed by atoms with van der Waals surface area (Å²) in [6.45, 7) is 8.32. The summed E-state index contributed by atoms with van der Waals surface area (Å²) in [5, 5.41) is 0. The zero-order chi connectivity index (χ0) is 14.1. The lowest BCUT2D eigenvalue weighted by Crippen LogP contribution is -2.32. The molecule has 0 aromatic rings. The molecule has 0 fully saturated rings. The van der Waals surface area contributed by atoms with Gasteiger partial charge >= 0.3 is 7.12 Å². The van der Waals surface area contributed by atoms with Gasteiger partial charge in [-0.15, -0.1) is 0 Å². The molecule has 0 spiro atoms. The molecule has 1 aliphatic rings. The Morgan fingerprint density at radius 1 is 0.842 bits per heavy atom. The van der Waals surface area contributed by atoms with E-state index >= 15 is 0 Å². The lowest BCUT2D eigenvalue weighted by Gasteiger charge is -2.22. The van der Waals surface area contributed by atoms with Crippen molar-refractivity contribution >= 4 is 7.12 Å². The topological polar surface area (TPSA) is 18.5 Å².